The maximum absolute atomic E-state index is 12.2. The van der Waals surface area contributed by atoms with E-state index in [1.165, 1.54) is 5.01 Å². The van der Waals surface area contributed by atoms with Crippen LogP contribution in [0, 0.1) is 0 Å². The summed E-state index contributed by atoms with van der Waals surface area (Å²) in [6.45, 7) is 5.46. The summed E-state index contributed by atoms with van der Waals surface area (Å²) in [5.74, 6) is -0.876. The molecule has 0 radical (unpaired) electrons. The van der Waals surface area contributed by atoms with Gasteiger partial charge in [0.25, 0.3) is 5.91 Å². The molecular weight excluding hydrogens is 308 g/mol. The minimum atomic E-state index is -0.438. The van der Waals surface area contributed by atoms with Gasteiger partial charge < -0.3 is 10.6 Å². The van der Waals surface area contributed by atoms with Crippen molar-refractivity contribution in [1.82, 2.24) is 10.6 Å². The van der Waals surface area contributed by atoms with E-state index in [1.807, 2.05) is 26.8 Å². The fraction of sp³-hybridized carbons (Fsp3) is 0.412. The van der Waals surface area contributed by atoms with Gasteiger partial charge >= 0.3 is 0 Å². The number of hydrazone groups is 1. The van der Waals surface area contributed by atoms with Gasteiger partial charge in [-0.25, -0.2) is 5.01 Å². The number of hydrogen-bond acceptors (Lipinski definition) is 4. The molecule has 0 aliphatic carbocycles. The smallest absolute Gasteiger partial charge is 0.267 e. The number of nitrogens with one attached hydrogen (secondary N) is 2. The quantitative estimate of drug-likeness (QED) is 0.869. The molecule has 1 aliphatic heterocycles. The molecule has 0 saturated carbocycles. The standard InChI is InChI=1S/C17H22N4O3/c1-17(2,3)19-14(22)11-18-16(24)13-9-10-15(23)21(20-13)12-7-5-4-6-8-12/h4-8H,9-11H2,1-3H3,(H,18,24)(H,19,22). The van der Waals surface area contributed by atoms with E-state index in [9.17, 15) is 14.4 Å². The lowest BCUT2D eigenvalue weighted by molar-refractivity contribution is -0.124. The second kappa shape index (κ2) is 7.25. The molecule has 0 aromatic heterocycles. The summed E-state index contributed by atoms with van der Waals surface area (Å²) in [5, 5.41) is 10.7. The third-order valence-electron chi connectivity index (χ3n) is 3.22. The summed E-state index contributed by atoms with van der Waals surface area (Å²) < 4.78 is 0. The number of carbonyl (C=O) groups excluding carboxylic acids is 3. The van der Waals surface area contributed by atoms with Crippen LogP contribution in [-0.4, -0.2) is 35.5 Å². The van der Waals surface area contributed by atoms with Gasteiger partial charge in [-0.2, -0.15) is 5.10 Å². The van der Waals surface area contributed by atoms with Crippen LogP contribution in [0.4, 0.5) is 5.69 Å². The zero-order chi connectivity index (χ0) is 17.7. The molecule has 3 amide bonds. The van der Waals surface area contributed by atoms with Gasteiger partial charge in [-0.1, -0.05) is 18.2 Å². The van der Waals surface area contributed by atoms with E-state index < -0.39 is 5.91 Å². The van der Waals surface area contributed by atoms with Crippen LogP contribution in [0.1, 0.15) is 33.6 Å². The molecule has 128 valence electrons. The largest absolute Gasteiger partial charge is 0.350 e. The molecule has 0 fully saturated rings. The molecule has 0 unspecified atom stereocenters. The van der Waals surface area contributed by atoms with E-state index in [0.717, 1.165) is 0 Å². The lowest BCUT2D eigenvalue weighted by atomic mass is 10.1. The molecular formula is C17H22N4O3. The molecule has 0 bridgehead atoms. The fourth-order valence-corrected chi connectivity index (χ4v) is 2.21. The first kappa shape index (κ1) is 17.7. The number of nitrogens with zero attached hydrogens (tertiary/aromatic N) is 2. The van der Waals surface area contributed by atoms with Crippen LogP contribution >= 0.6 is 0 Å². The summed E-state index contributed by atoms with van der Waals surface area (Å²) in [6, 6.07) is 8.92. The lowest BCUT2D eigenvalue weighted by Gasteiger charge is -2.23. The van der Waals surface area contributed by atoms with Gasteiger partial charge in [-0.05, 0) is 32.9 Å². The highest BCUT2D eigenvalue weighted by Gasteiger charge is 2.25. The Morgan fingerprint density at radius 2 is 1.83 bits per heavy atom. The van der Waals surface area contributed by atoms with Crippen LogP contribution in [0.15, 0.2) is 35.4 Å². The SMILES string of the molecule is CC(C)(C)NC(=O)CNC(=O)C1=NN(c2ccccc2)C(=O)CC1. The van der Waals surface area contributed by atoms with Crippen molar-refractivity contribution in [3.8, 4) is 0 Å². The number of carbonyl (C=O) groups is 3. The van der Waals surface area contributed by atoms with Crippen molar-refractivity contribution < 1.29 is 14.4 Å². The first-order valence-electron chi connectivity index (χ1n) is 7.81. The molecule has 2 rings (SSSR count). The van der Waals surface area contributed by atoms with Gasteiger partial charge in [0.2, 0.25) is 11.8 Å². The van der Waals surface area contributed by atoms with Crippen LogP contribution in [0.2, 0.25) is 0 Å². The van der Waals surface area contributed by atoms with Crippen LogP contribution < -0.4 is 15.6 Å². The predicted octanol–water partition coefficient (Wildman–Crippen LogP) is 1.20. The number of para-hydroxylation sites is 1. The van der Waals surface area contributed by atoms with Gasteiger partial charge in [0.1, 0.15) is 5.71 Å². The average molecular weight is 330 g/mol. The normalized spacial score (nSPS) is 14.9. The van der Waals surface area contributed by atoms with Gasteiger partial charge in [-0.15, -0.1) is 0 Å². The van der Waals surface area contributed by atoms with E-state index in [1.54, 1.807) is 24.3 Å². The molecule has 1 heterocycles. The molecule has 0 atom stereocenters. The molecule has 1 aromatic rings. The Morgan fingerprint density at radius 1 is 1.17 bits per heavy atom. The summed E-state index contributed by atoms with van der Waals surface area (Å²) in [6.07, 6.45) is 0.463. The fourth-order valence-electron chi connectivity index (χ4n) is 2.21. The first-order valence-corrected chi connectivity index (χ1v) is 7.81. The maximum atomic E-state index is 12.2. The highest BCUT2D eigenvalue weighted by molar-refractivity contribution is 6.40. The predicted molar refractivity (Wildman–Crippen MR) is 91.5 cm³/mol. The molecule has 2 N–H and O–H groups in total. The molecule has 7 nitrogen and oxygen atoms in total. The Bertz CT molecular complexity index is 662. The number of benzene rings is 1. The molecule has 0 spiro atoms. The van der Waals surface area contributed by atoms with Crippen molar-refractivity contribution in [1.29, 1.82) is 0 Å². The van der Waals surface area contributed by atoms with E-state index >= 15 is 0 Å². The van der Waals surface area contributed by atoms with Crippen molar-refractivity contribution in [2.24, 2.45) is 5.10 Å². The molecule has 24 heavy (non-hydrogen) atoms. The Kier molecular flexibility index (Phi) is 5.33. The van der Waals surface area contributed by atoms with Gasteiger partial charge in [0, 0.05) is 18.4 Å². The Labute approximate surface area is 141 Å². The van der Waals surface area contributed by atoms with Crippen LogP contribution in [0.25, 0.3) is 0 Å². The van der Waals surface area contributed by atoms with E-state index in [-0.39, 0.29) is 42.5 Å². The number of anilines is 1. The van der Waals surface area contributed by atoms with Crippen LogP contribution in [0.5, 0.6) is 0 Å². The Hall–Kier alpha value is -2.70. The highest BCUT2D eigenvalue weighted by Crippen LogP contribution is 2.19. The summed E-state index contributed by atoms with van der Waals surface area (Å²) in [4.78, 5) is 36.0. The third-order valence-corrected chi connectivity index (χ3v) is 3.22. The number of rotatable bonds is 4. The lowest BCUT2D eigenvalue weighted by Crippen LogP contribution is -2.47. The van der Waals surface area contributed by atoms with Crippen molar-refractivity contribution in [3.63, 3.8) is 0 Å². The monoisotopic (exact) mass is 330 g/mol. The second-order valence-electron chi connectivity index (χ2n) is 6.57. The second-order valence-corrected chi connectivity index (χ2v) is 6.57. The van der Waals surface area contributed by atoms with Gasteiger partial charge in [0.15, 0.2) is 0 Å². The minimum absolute atomic E-state index is 0.131. The van der Waals surface area contributed by atoms with Crippen molar-refractivity contribution in [2.75, 3.05) is 11.6 Å². The number of hydrogen-bond donors (Lipinski definition) is 2. The van der Waals surface area contributed by atoms with Crippen LogP contribution in [-0.2, 0) is 14.4 Å². The van der Waals surface area contributed by atoms with E-state index in [4.69, 9.17) is 0 Å². The zero-order valence-corrected chi connectivity index (χ0v) is 14.1. The van der Waals surface area contributed by atoms with E-state index in [2.05, 4.69) is 15.7 Å². The summed E-state index contributed by atoms with van der Waals surface area (Å²) >= 11 is 0. The average Bonchev–Trinajstić information content (AvgIpc) is 2.52. The Balaban J connectivity index is 2.01. The van der Waals surface area contributed by atoms with Gasteiger partial charge in [0.05, 0.1) is 12.2 Å². The van der Waals surface area contributed by atoms with Crippen molar-refractivity contribution >= 4 is 29.1 Å². The minimum Gasteiger partial charge on any atom is -0.350 e. The molecule has 1 aliphatic rings. The first-order chi connectivity index (χ1) is 11.3. The zero-order valence-electron chi connectivity index (χ0n) is 14.1. The molecule has 1 aromatic carbocycles. The topological polar surface area (TPSA) is 90.9 Å². The third kappa shape index (κ3) is 4.91. The Morgan fingerprint density at radius 3 is 2.46 bits per heavy atom. The summed E-state index contributed by atoms with van der Waals surface area (Å²) in [5.41, 5.74) is 0.487. The van der Waals surface area contributed by atoms with E-state index in [0.29, 0.717) is 5.69 Å². The van der Waals surface area contributed by atoms with Crippen molar-refractivity contribution in [3.05, 3.63) is 30.3 Å². The van der Waals surface area contributed by atoms with Crippen molar-refractivity contribution in [2.45, 2.75) is 39.2 Å². The summed E-state index contributed by atoms with van der Waals surface area (Å²) in [7, 11) is 0. The van der Waals surface area contributed by atoms with Gasteiger partial charge in [-0.3, -0.25) is 14.4 Å². The number of amides is 3. The maximum Gasteiger partial charge on any atom is 0.267 e. The highest BCUT2D eigenvalue weighted by atomic mass is 16.2. The molecule has 7 heteroatoms. The molecule has 0 saturated heterocycles. The van der Waals surface area contributed by atoms with Crippen LogP contribution in [0.3, 0.4) is 0 Å².